The molecular formula is C28H23Si. The van der Waals surface area contributed by atoms with Gasteiger partial charge in [0.15, 0.2) is 0 Å². The van der Waals surface area contributed by atoms with Crippen LogP contribution in [-0.2, 0) is 12.8 Å². The normalized spacial score (nSPS) is 13.2. The third-order valence-electron chi connectivity index (χ3n) is 6.61. The fourth-order valence-corrected chi connectivity index (χ4v) is 6.44. The number of hydrogen-bond donors (Lipinski definition) is 0. The summed E-state index contributed by atoms with van der Waals surface area (Å²) >= 11 is 0. The maximum absolute atomic E-state index is 2.53. The summed E-state index contributed by atoms with van der Waals surface area (Å²) in [6.45, 7) is 4.85. The standard InChI is InChI=1S/C28H23Si/c1-29(2)28-16-20-14-18-8-3-6-11-22(18)25(20)17-27(28)24-13-7-12-23-21-10-5-4-9-19(21)15-26(23)24/h3-13,16-17H,14-15H2,1-2H3. The minimum absolute atomic E-state index is 0.580. The molecule has 6 rings (SSSR count). The maximum atomic E-state index is 2.53. The molecule has 0 heterocycles. The monoisotopic (exact) mass is 387 g/mol. The Bertz CT molecular complexity index is 1280. The summed E-state index contributed by atoms with van der Waals surface area (Å²) in [7, 11) is -0.580. The minimum Gasteiger partial charge on any atom is -0.0671 e. The zero-order chi connectivity index (χ0) is 19.5. The third kappa shape index (κ3) is 2.51. The molecule has 0 saturated carbocycles. The van der Waals surface area contributed by atoms with E-state index in [0.29, 0.717) is 0 Å². The molecule has 0 amide bonds. The molecule has 0 spiro atoms. The molecule has 0 atom stereocenters. The second-order valence-electron chi connectivity index (χ2n) is 8.55. The lowest BCUT2D eigenvalue weighted by atomic mass is 9.93. The SMILES string of the molecule is C[Si](C)c1cc2c(cc1-c1cccc3c1Cc1ccccc1-3)-c1ccccc1C2. The molecule has 0 aromatic heterocycles. The van der Waals surface area contributed by atoms with E-state index in [1.807, 2.05) is 0 Å². The van der Waals surface area contributed by atoms with E-state index in [9.17, 15) is 0 Å². The van der Waals surface area contributed by atoms with Gasteiger partial charge >= 0.3 is 0 Å². The Balaban J connectivity index is 1.60. The fraction of sp³-hybridized carbons (Fsp3) is 0.143. The van der Waals surface area contributed by atoms with E-state index in [4.69, 9.17) is 0 Å². The van der Waals surface area contributed by atoms with E-state index in [1.165, 1.54) is 55.6 Å². The van der Waals surface area contributed by atoms with E-state index in [-0.39, 0.29) is 0 Å². The topological polar surface area (TPSA) is 0 Å². The van der Waals surface area contributed by atoms with Crippen molar-refractivity contribution in [3.63, 3.8) is 0 Å². The summed E-state index contributed by atoms with van der Waals surface area (Å²) in [5, 5.41) is 1.57. The van der Waals surface area contributed by atoms with E-state index < -0.39 is 8.80 Å². The number of rotatable bonds is 2. The summed E-state index contributed by atoms with van der Waals surface area (Å²) in [5.74, 6) is 0. The molecule has 0 saturated heterocycles. The van der Waals surface area contributed by atoms with E-state index in [1.54, 1.807) is 5.19 Å². The van der Waals surface area contributed by atoms with E-state index >= 15 is 0 Å². The molecule has 2 aliphatic rings. The molecule has 0 N–H and O–H groups in total. The second kappa shape index (κ2) is 6.30. The Labute approximate surface area is 174 Å². The van der Waals surface area contributed by atoms with Crippen LogP contribution >= 0.6 is 0 Å². The highest BCUT2D eigenvalue weighted by Gasteiger charge is 2.26. The van der Waals surface area contributed by atoms with Gasteiger partial charge in [0.2, 0.25) is 0 Å². The van der Waals surface area contributed by atoms with Gasteiger partial charge < -0.3 is 0 Å². The zero-order valence-electron chi connectivity index (χ0n) is 16.9. The molecular weight excluding hydrogens is 364 g/mol. The molecule has 0 aliphatic heterocycles. The fourth-order valence-electron chi connectivity index (χ4n) is 5.23. The lowest BCUT2D eigenvalue weighted by molar-refractivity contribution is 1.26. The van der Waals surface area contributed by atoms with Crippen LogP contribution in [0.15, 0.2) is 78.9 Å². The first-order valence-corrected chi connectivity index (χ1v) is 13.0. The Morgan fingerprint density at radius 3 is 1.83 bits per heavy atom. The highest BCUT2D eigenvalue weighted by Crippen LogP contribution is 2.43. The second-order valence-corrected chi connectivity index (χ2v) is 11.1. The number of fused-ring (bicyclic) bond motifs is 6. The first kappa shape index (κ1) is 17.0. The van der Waals surface area contributed by atoms with Gasteiger partial charge in [-0.3, -0.25) is 0 Å². The molecule has 1 radical (unpaired) electrons. The first-order valence-electron chi connectivity index (χ1n) is 10.5. The average Bonchev–Trinajstić information content (AvgIpc) is 3.30. The van der Waals surface area contributed by atoms with E-state index in [2.05, 4.69) is 92.0 Å². The summed E-state index contributed by atoms with van der Waals surface area (Å²) < 4.78 is 0. The van der Waals surface area contributed by atoms with Gasteiger partial charge in [-0.25, -0.2) is 0 Å². The van der Waals surface area contributed by atoms with Crippen molar-refractivity contribution in [3.05, 3.63) is 101 Å². The molecule has 4 aromatic rings. The van der Waals surface area contributed by atoms with Crippen molar-refractivity contribution in [1.82, 2.24) is 0 Å². The van der Waals surface area contributed by atoms with Gasteiger partial charge in [0.25, 0.3) is 0 Å². The van der Waals surface area contributed by atoms with Gasteiger partial charge in [-0.15, -0.1) is 0 Å². The van der Waals surface area contributed by atoms with Crippen LogP contribution in [0.25, 0.3) is 33.4 Å². The number of benzene rings is 4. The van der Waals surface area contributed by atoms with Crippen LogP contribution in [0.1, 0.15) is 22.3 Å². The van der Waals surface area contributed by atoms with Crippen molar-refractivity contribution in [2.45, 2.75) is 25.9 Å². The van der Waals surface area contributed by atoms with Crippen molar-refractivity contribution >= 4 is 14.0 Å². The molecule has 0 bridgehead atoms. The summed E-state index contributed by atoms with van der Waals surface area (Å²) in [4.78, 5) is 0. The Morgan fingerprint density at radius 1 is 0.517 bits per heavy atom. The largest absolute Gasteiger partial charge is 0.0800 e. The summed E-state index contributed by atoms with van der Waals surface area (Å²) in [6.07, 6.45) is 2.12. The average molecular weight is 388 g/mol. The Morgan fingerprint density at radius 2 is 1.10 bits per heavy atom. The van der Waals surface area contributed by atoms with Crippen LogP contribution in [0, 0.1) is 0 Å². The van der Waals surface area contributed by atoms with Gasteiger partial charge in [0, 0.05) is 0 Å². The Hall–Kier alpha value is -2.90. The molecule has 29 heavy (non-hydrogen) atoms. The first-order chi connectivity index (χ1) is 14.2. The zero-order valence-corrected chi connectivity index (χ0v) is 17.9. The summed E-state index contributed by atoms with van der Waals surface area (Å²) in [6, 6.07) is 29.8. The highest BCUT2D eigenvalue weighted by atomic mass is 28.3. The predicted molar refractivity (Wildman–Crippen MR) is 125 cm³/mol. The minimum atomic E-state index is -0.580. The van der Waals surface area contributed by atoms with Crippen molar-refractivity contribution < 1.29 is 0 Å². The van der Waals surface area contributed by atoms with Crippen LogP contribution in [0.3, 0.4) is 0 Å². The van der Waals surface area contributed by atoms with Gasteiger partial charge in [-0.1, -0.05) is 91.1 Å². The van der Waals surface area contributed by atoms with Crippen LogP contribution in [-0.4, -0.2) is 8.80 Å². The van der Waals surface area contributed by atoms with Crippen molar-refractivity contribution in [1.29, 1.82) is 0 Å². The lowest BCUT2D eigenvalue weighted by Crippen LogP contribution is -2.26. The van der Waals surface area contributed by atoms with Crippen molar-refractivity contribution in [2.24, 2.45) is 0 Å². The number of hydrogen-bond acceptors (Lipinski definition) is 0. The summed E-state index contributed by atoms with van der Waals surface area (Å²) in [5.41, 5.74) is 14.5. The molecule has 1 heteroatoms. The smallest absolute Gasteiger partial charge is 0.0671 e. The molecule has 4 aromatic carbocycles. The third-order valence-corrected chi connectivity index (χ3v) is 8.10. The molecule has 0 unspecified atom stereocenters. The quantitative estimate of drug-likeness (QED) is 0.299. The van der Waals surface area contributed by atoms with Crippen LogP contribution in [0.2, 0.25) is 13.1 Å². The lowest BCUT2D eigenvalue weighted by Gasteiger charge is -2.18. The Kier molecular flexibility index (Phi) is 3.69. The van der Waals surface area contributed by atoms with Crippen LogP contribution < -0.4 is 5.19 Å². The van der Waals surface area contributed by atoms with E-state index in [0.717, 1.165) is 12.8 Å². The van der Waals surface area contributed by atoms with Crippen LogP contribution in [0.5, 0.6) is 0 Å². The van der Waals surface area contributed by atoms with Gasteiger partial charge in [-0.05, 0) is 74.5 Å². The van der Waals surface area contributed by atoms with Gasteiger partial charge in [0.1, 0.15) is 0 Å². The molecule has 2 aliphatic carbocycles. The molecule has 0 fully saturated rings. The molecule has 139 valence electrons. The van der Waals surface area contributed by atoms with Gasteiger partial charge in [-0.2, -0.15) is 0 Å². The van der Waals surface area contributed by atoms with Crippen molar-refractivity contribution in [3.8, 4) is 33.4 Å². The predicted octanol–water partition coefficient (Wildman–Crippen LogP) is 6.46. The van der Waals surface area contributed by atoms with Crippen LogP contribution in [0.4, 0.5) is 0 Å². The maximum Gasteiger partial charge on any atom is 0.0800 e. The molecule has 0 nitrogen and oxygen atoms in total. The van der Waals surface area contributed by atoms with Gasteiger partial charge in [0.05, 0.1) is 8.80 Å². The van der Waals surface area contributed by atoms with Crippen molar-refractivity contribution in [2.75, 3.05) is 0 Å². The highest BCUT2D eigenvalue weighted by molar-refractivity contribution is 6.72.